The highest BCUT2D eigenvalue weighted by Crippen LogP contribution is 2.53. The summed E-state index contributed by atoms with van der Waals surface area (Å²) in [4.78, 5) is 19.7. The van der Waals surface area contributed by atoms with E-state index in [2.05, 4.69) is 48.1 Å². The first kappa shape index (κ1) is 23.4. The number of nitriles is 2. The molecule has 192 valence electrons. The predicted molar refractivity (Wildman–Crippen MR) is 146 cm³/mol. The summed E-state index contributed by atoms with van der Waals surface area (Å²) in [5.74, 6) is 1.15. The molecule has 6 heterocycles. The van der Waals surface area contributed by atoms with E-state index in [0.717, 1.165) is 47.1 Å². The van der Waals surface area contributed by atoms with Gasteiger partial charge in [0.25, 0.3) is 0 Å². The Morgan fingerprint density at radius 2 is 1.97 bits per heavy atom. The number of hydrogen-bond donors (Lipinski definition) is 2. The molecule has 0 amide bonds. The lowest BCUT2D eigenvalue weighted by Gasteiger charge is -2.49. The molecule has 3 aromatic heterocycles. The fourth-order valence-electron chi connectivity index (χ4n) is 6.22. The van der Waals surface area contributed by atoms with Gasteiger partial charge in [0.2, 0.25) is 0 Å². The van der Waals surface area contributed by atoms with Gasteiger partial charge in [0.15, 0.2) is 11.6 Å². The van der Waals surface area contributed by atoms with Crippen LogP contribution in [0.25, 0.3) is 0 Å². The van der Waals surface area contributed by atoms with Crippen LogP contribution in [0.2, 0.25) is 0 Å². The first-order valence-corrected chi connectivity index (χ1v) is 14.1. The van der Waals surface area contributed by atoms with Gasteiger partial charge in [-0.25, -0.2) is 0 Å². The number of rotatable bonds is 5. The highest BCUT2D eigenvalue weighted by Gasteiger charge is 2.52. The van der Waals surface area contributed by atoms with E-state index in [1.807, 2.05) is 0 Å². The Morgan fingerprint density at radius 3 is 2.68 bits per heavy atom. The van der Waals surface area contributed by atoms with Crippen molar-refractivity contribution >= 4 is 49.6 Å². The van der Waals surface area contributed by atoms with Crippen molar-refractivity contribution < 1.29 is 4.74 Å². The second-order valence-corrected chi connectivity index (χ2v) is 12.3. The minimum absolute atomic E-state index is 0.146. The lowest BCUT2D eigenvalue weighted by molar-refractivity contribution is 0.273. The number of aromatic amines is 1. The van der Waals surface area contributed by atoms with Crippen molar-refractivity contribution in [1.29, 1.82) is 10.5 Å². The molecule has 3 aromatic rings. The minimum Gasteiger partial charge on any atom is -0.457 e. The van der Waals surface area contributed by atoms with Gasteiger partial charge in [-0.1, -0.05) is 0 Å². The summed E-state index contributed by atoms with van der Waals surface area (Å²) in [6.45, 7) is 2.90. The van der Waals surface area contributed by atoms with E-state index in [9.17, 15) is 10.5 Å². The Balaban J connectivity index is 1.24. The van der Waals surface area contributed by atoms with Crippen molar-refractivity contribution in [2.24, 2.45) is 4.99 Å². The number of halogens is 1. The summed E-state index contributed by atoms with van der Waals surface area (Å²) in [6, 6.07) is 5.16. The van der Waals surface area contributed by atoms with E-state index >= 15 is 0 Å². The number of fused-ring (bicyclic) bond motifs is 3. The normalized spacial score (nSPS) is 20.6. The zero-order valence-electron chi connectivity index (χ0n) is 20.4. The fraction of sp³-hybridized carbons (Fsp3) is 0.440. The maximum atomic E-state index is 10.3. The van der Waals surface area contributed by atoms with Crippen LogP contribution in [0, 0.1) is 22.7 Å². The number of anilines is 3. The number of H-pyrrole nitrogens is 1. The Kier molecular flexibility index (Phi) is 5.35. The Morgan fingerprint density at radius 1 is 1.18 bits per heavy atom. The van der Waals surface area contributed by atoms with Gasteiger partial charge in [-0.3, -0.25) is 10.1 Å². The van der Waals surface area contributed by atoms with E-state index in [1.54, 1.807) is 6.20 Å². The van der Waals surface area contributed by atoms with Crippen molar-refractivity contribution in [1.82, 2.24) is 20.2 Å². The van der Waals surface area contributed by atoms with Gasteiger partial charge in [0, 0.05) is 35.6 Å². The van der Waals surface area contributed by atoms with Crippen molar-refractivity contribution in [3.63, 3.8) is 0 Å². The number of aryl methyl sites for hydroxylation is 1. The van der Waals surface area contributed by atoms with E-state index < -0.39 is 0 Å². The molecular formula is C25H23BrN10OS. The van der Waals surface area contributed by atoms with E-state index in [-0.39, 0.29) is 24.1 Å². The first-order valence-electron chi connectivity index (χ1n) is 12.5. The molecule has 0 aromatic carbocycles. The number of nitrogen functional groups attached to an aromatic ring is 1. The molecule has 3 aliphatic heterocycles. The zero-order valence-corrected chi connectivity index (χ0v) is 22.8. The maximum Gasteiger partial charge on any atom is 0.320 e. The molecule has 4 aliphatic rings. The van der Waals surface area contributed by atoms with Crippen LogP contribution >= 0.6 is 27.3 Å². The van der Waals surface area contributed by atoms with Crippen molar-refractivity contribution in [2.75, 3.05) is 41.7 Å². The highest BCUT2D eigenvalue weighted by atomic mass is 79.9. The third-order valence-corrected chi connectivity index (χ3v) is 9.74. The monoisotopic (exact) mass is 590 g/mol. The fourth-order valence-corrected chi connectivity index (χ4v) is 7.67. The molecule has 1 unspecified atom stereocenters. The molecule has 1 fully saturated rings. The Bertz CT molecular complexity index is 1570. The molecule has 7 rings (SSSR count). The van der Waals surface area contributed by atoms with Gasteiger partial charge in [-0.15, -0.1) is 11.3 Å². The van der Waals surface area contributed by atoms with E-state index in [1.165, 1.54) is 16.2 Å². The minimum atomic E-state index is -0.146. The smallest absolute Gasteiger partial charge is 0.320 e. The second-order valence-electron chi connectivity index (χ2n) is 10.3. The van der Waals surface area contributed by atoms with Gasteiger partial charge < -0.3 is 20.3 Å². The number of thiophene rings is 1. The van der Waals surface area contributed by atoms with Gasteiger partial charge in [0.05, 0.1) is 34.5 Å². The number of aliphatic imine (C=N–C) groups is 1. The molecule has 1 spiro atoms. The number of nitrogens with one attached hydrogen (secondary N) is 1. The lowest BCUT2D eigenvalue weighted by Crippen LogP contribution is -2.59. The molecule has 0 radical (unpaired) electrons. The molecule has 38 heavy (non-hydrogen) atoms. The predicted octanol–water partition coefficient (Wildman–Crippen LogP) is 3.06. The van der Waals surface area contributed by atoms with Crippen molar-refractivity contribution in [3.8, 4) is 18.1 Å². The number of nitrogens with two attached hydrogens (primary N) is 1. The van der Waals surface area contributed by atoms with Crippen LogP contribution in [0.15, 0.2) is 15.7 Å². The SMILES string of the molecule is N#Cc1c(N2CC3=NC(CC3)C2)nc(OCc2[nH]ncc2Br)nc1N1CC2(CCc3sc(N)c(C#N)c32)C1. The number of ether oxygens (including phenoxy) is 1. The standard InChI is InChI=1S/C25H23BrN10OS/c26-17-7-30-34-18(17)10-37-24-32-22(35-8-13-1-2-14(9-35)31-13)16(6-28)23(33-24)36-11-25(12-36)4-3-19-20(25)15(5-27)21(29)38-19/h7,13H,1-4,8-12,29H2,(H,30,34). The van der Waals surface area contributed by atoms with Crippen LogP contribution in [0.5, 0.6) is 6.01 Å². The van der Waals surface area contributed by atoms with Gasteiger partial charge in [0.1, 0.15) is 29.3 Å². The topological polar surface area (TPSA) is 156 Å². The number of hydrogen-bond acceptors (Lipinski definition) is 11. The molecular weight excluding hydrogens is 568 g/mol. The van der Waals surface area contributed by atoms with E-state index in [4.69, 9.17) is 25.4 Å². The third kappa shape index (κ3) is 3.56. The van der Waals surface area contributed by atoms with Crippen LogP contribution in [0.3, 0.4) is 0 Å². The zero-order chi connectivity index (χ0) is 26.0. The first-order chi connectivity index (χ1) is 18.5. The van der Waals surface area contributed by atoms with Crippen LogP contribution in [0.1, 0.15) is 46.5 Å². The maximum absolute atomic E-state index is 10.3. The molecule has 2 bridgehead atoms. The Labute approximate surface area is 231 Å². The van der Waals surface area contributed by atoms with Crippen LogP contribution in [-0.2, 0) is 18.4 Å². The highest BCUT2D eigenvalue weighted by molar-refractivity contribution is 9.10. The Hall–Kier alpha value is -3.68. The number of nitrogens with zero attached hydrogens (tertiary/aromatic N) is 8. The molecule has 11 nitrogen and oxygen atoms in total. The summed E-state index contributed by atoms with van der Waals surface area (Å²) < 4.78 is 6.84. The summed E-state index contributed by atoms with van der Waals surface area (Å²) in [6.07, 6.45) is 5.57. The lowest BCUT2D eigenvalue weighted by atomic mass is 9.74. The summed E-state index contributed by atoms with van der Waals surface area (Å²) in [5, 5.41) is 27.6. The average molecular weight is 591 g/mol. The largest absolute Gasteiger partial charge is 0.457 e. The summed E-state index contributed by atoms with van der Waals surface area (Å²) >= 11 is 4.99. The van der Waals surface area contributed by atoms with Crippen molar-refractivity contribution in [2.45, 2.75) is 43.7 Å². The molecule has 1 atom stereocenters. The average Bonchev–Trinajstić information content (AvgIpc) is 3.64. The van der Waals surface area contributed by atoms with Crippen LogP contribution in [0.4, 0.5) is 16.6 Å². The molecule has 13 heteroatoms. The summed E-state index contributed by atoms with van der Waals surface area (Å²) in [5.41, 5.74) is 10.1. The quantitative estimate of drug-likeness (QED) is 0.455. The summed E-state index contributed by atoms with van der Waals surface area (Å²) in [7, 11) is 0. The molecule has 3 N–H and O–H groups in total. The van der Waals surface area contributed by atoms with Gasteiger partial charge in [-0.2, -0.15) is 25.6 Å². The number of aromatic nitrogens is 4. The van der Waals surface area contributed by atoms with Crippen LogP contribution in [-0.4, -0.2) is 58.1 Å². The molecule has 0 saturated carbocycles. The van der Waals surface area contributed by atoms with E-state index in [0.29, 0.717) is 53.9 Å². The molecule has 1 aliphatic carbocycles. The van der Waals surface area contributed by atoms with Gasteiger partial charge >= 0.3 is 6.01 Å². The molecule has 1 saturated heterocycles. The van der Waals surface area contributed by atoms with Gasteiger partial charge in [-0.05, 0) is 47.2 Å². The third-order valence-electron chi connectivity index (χ3n) is 7.98. The van der Waals surface area contributed by atoms with Crippen molar-refractivity contribution in [3.05, 3.63) is 37.9 Å². The second kappa shape index (κ2) is 8.68. The van der Waals surface area contributed by atoms with Crippen LogP contribution < -0.4 is 20.3 Å².